The number of aliphatic hydroxyl groups excluding tert-OH is 1. The molecule has 1 N–H and O–H groups in total. The van der Waals surface area contributed by atoms with E-state index in [0.717, 1.165) is 0 Å². The maximum absolute atomic E-state index is 8.59. The fourth-order valence-electron chi connectivity index (χ4n) is 0.388. The van der Waals surface area contributed by atoms with E-state index in [-0.39, 0.29) is 5.76 Å². The Labute approximate surface area is 41.7 Å². The summed E-state index contributed by atoms with van der Waals surface area (Å²) in [4.78, 5) is 0. The molecule has 1 aliphatic rings. The number of hydrogen-bond acceptors (Lipinski definition) is 2. The first kappa shape index (κ1) is 4.24. The number of ether oxygens (including phenoxy) is 1. The molecule has 0 fully saturated rings. The van der Waals surface area contributed by atoms with Crippen molar-refractivity contribution < 1.29 is 9.84 Å². The van der Waals surface area contributed by atoms with Crippen molar-refractivity contribution in [3.05, 3.63) is 24.2 Å². The summed E-state index contributed by atoms with van der Waals surface area (Å²) in [6, 6.07) is 0. The minimum atomic E-state index is 0.280. The minimum Gasteiger partial charge on any atom is -0.509 e. The normalized spacial score (nSPS) is 18.0. The lowest BCUT2D eigenvalue weighted by Gasteiger charge is -2.01. The highest BCUT2D eigenvalue weighted by Crippen LogP contribution is 1.96. The standard InChI is InChI=1S/C5H6O2/c6-5-2-1-3-7-4-5/h1-3,6H,4H2. The SMILES string of the molecule is OC1=CC=COC1. The van der Waals surface area contributed by atoms with Crippen molar-refractivity contribution in [3.63, 3.8) is 0 Å². The predicted molar refractivity (Wildman–Crippen MR) is 25.8 cm³/mol. The quantitative estimate of drug-likeness (QED) is 0.489. The van der Waals surface area contributed by atoms with Gasteiger partial charge >= 0.3 is 0 Å². The summed E-state index contributed by atoms with van der Waals surface area (Å²) in [5.41, 5.74) is 0. The number of hydrogen-bond donors (Lipinski definition) is 1. The molecule has 0 saturated heterocycles. The van der Waals surface area contributed by atoms with Gasteiger partial charge in [-0.3, -0.25) is 0 Å². The Morgan fingerprint density at radius 3 is 2.86 bits per heavy atom. The van der Waals surface area contributed by atoms with Gasteiger partial charge in [-0.25, -0.2) is 0 Å². The third-order valence-electron chi connectivity index (χ3n) is 0.695. The third-order valence-corrected chi connectivity index (χ3v) is 0.695. The van der Waals surface area contributed by atoms with Crippen LogP contribution in [0.25, 0.3) is 0 Å². The summed E-state index contributed by atoms with van der Waals surface area (Å²) in [6.07, 6.45) is 4.79. The second-order valence-electron chi connectivity index (χ2n) is 1.30. The highest BCUT2D eigenvalue weighted by molar-refractivity contribution is 5.08. The van der Waals surface area contributed by atoms with Gasteiger partial charge in [-0.15, -0.1) is 0 Å². The van der Waals surface area contributed by atoms with Crippen LogP contribution in [0.4, 0.5) is 0 Å². The number of aliphatic hydroxyl groups is 1. The van der Waals surface area contributed by atoms with Crippen LogP contribution in [0.15, 0.2) is 24.2 Å². The van der Waals surface area contributed by atoms with Crippen LogP contribution in [0, 0.1) is 0 Å². The molecular weight excluding hydrogens is 92.1 g/mol. The van der Waals surface area contributed by atoms with E-state index in [2.05, 4.69) is 4.74 Å². The molecule has 0 aromatic heterocycles. The molecule has 0 bridgehead atoms. The Morgan fingerprint density at radius 1 is 1.71 bits per heavy atom. The van der Waals surface area contributed by atoms with E-state index in [4.69, 9.17) is 5.11 Å². The largest absolute Gasteiger partial charge is 0.509 e. The van der Waals surface area contributed by atoms with Crippen molar-refractivity contribution in [1.29, 1.82) is 0 Å². The van der Waals surface area contributed by atoms with Crippen molar-refractivity contribution in [2.45, 2.75) is 0 Å². The zero-order chi connectivity index (χ0) is 5.11. The molecule has 1 heterocycles. The van der Waals surface area contributed by atoms with Gasteiger partial charge < -0.3 is 9.84 Å². The first-order valence-electron chi connectivity index (χ1n) is 2.06. The fraction of sp³-hybridized carbons (Fsp3) is 0.200. The van der Waals surface area contributed by atoms with Gasteiger partial charge in [-0.1, -0.05) is 0 Å². The fourth-order valence-corrected chi connectivity index (χ4v) is 0.388. The van der Waals surface area contributed by atoms with Gasteiger partial charge in [-0.2, -0.15) is 0 Å². The van der Waals surface area contributed by atoms with Gasteiger partial charge in [0, 0.05) is 0 Å². The molecule has 2 nitrogen and oxygen atoms in total. The monoisotopic (exact) mass is 98.0 g/mol. The topological polar surface area (TPSA) is 29.5 Å². The van der Waals surface area contributed by atoms with E-state index in [1.807, 2.05) is 0 Å². The highest BCUT2D eigenvalue weighted by Gasteiger charge is 1.91. The van der Waals surface area contributed by atoms with E-state index in [1.54, 1.807) is 18.4 Å². The predicted octanol–water partition coefficient (Wildman–Crippen LogP) is 0.972. The maximum Gasteiger partial charge on any atom is 0.144 e. The number of rotatable bonds is 0. The Kier molecular flexibility index (Phi) is 1.02. The lowest BCUT2D eigenvalue weighted by Crippen LogP contribution is -1.94. The molecule has 1 rings (SSSR count). The zero-order valence-corrected chi connectivity index (χ0v) is 3.79. The summed E-state index contributed by atoms with van der Waals surface area (Å²) in [5, 5.41) is 8.59. The summed E-state index contributed by atoms with van der Waals surface area (Å²) in [6.45, 7) is 0.316. The van der Waals surface area contributed by atoms with E-state index in [9.17, 15) is 0 Å². The molecule has 0 atom stereocenters. The number of allylic oxidation sites excluding steroid dienone is 2. The van der Waals surface area contributed by atoms with E-state index >= 15 is 0 Å². The Morgan fingerprint density at radius 2 is 2.57 bits per heavy atom. The summed E-state index contributed by atoms with van der Waals surface area (Å²) in [7, 11) is 0. The van der Waals surface area contributed by atoms with Crippen molar-refractivity contribution >= 4 is 0 Å². The molecule has 1 aliphatic heterocycles. The zero-order valence-electron chi connectivity index (χ0n) is 3.79. The molecule has 38 valence electrons. The first-order valence-corrected chi connectivity index (χ1v) is 2.06. The Hall–Kier alpha value is -0.920. The Bertz CT molecular complexity index is 113. The van der Waals surface area contributed by atoms with Gasteiger partial charge in [0.25, 0.3) is 0 Å². The molecule has 0 unspecified atom stereocenters. The summed E-state index contributed by atoms with van der Waals surface area (Å²) >= 11 is 0. The summed E-state index contributed by atoms with van der Waals surface area (Å²) < 4.78 is 4.68. The van der Waals surface area contributed by atoms with Crippen LogP contribution < -0.4 is 0 Å². The van der Waals surface area contributed by atoms with Gasteiger partial charge in [0.1, 0.15) is 12.4 Å². The lowest BCUT2D eigenvalue weighted by molar-refractivity contribution is 0.217. The van der Waals surface area contributed by atoms with Crippen molar-refractivity contribution in [2.75, 3.05) is 6.61 Å². The molecule has 7 heavy (non-hydrogen) atoms. The van der Waals surface area contributed by atoms with Crippen LogP contribution >= 0.6 is 0 Å². The van der Waals surface area contributed by atoms with Gasteiger partial charge in [0.05, 0.1) is 6.26 Å². The van der Waals surface area contributed by atoms with Crippen LogP contribution in [-0.2, 0) is 4.74 Å². The molecule has 0 aliphatic carbocycles. The van der Waals surface area contributed by atoms with E-state index in [0.29, 0.717) is 6.61 Å². The first-order chi connectivity index (χ1) is 3.39. The molecule has 0 amide bonds. The van der Waals surface area contributed by atoms with Gasteiger partial charge in [0.15, 0.2) is 0 Å². The lowest BCUT2D eigenvalue weighted by atomic mass is 10.4. The average Bonchev–Trinajstić information content (AvgIpc) is 1.69. The van der Waals surface area contributed by atoms with Crippen molar-refractivity contribution in [3.8, 4) is 0 Å². The van der Waals surface area contributed by atoms with Crippen molar-refractivity contribution in [1.82, 2.24) is 0 Å². The third kappa shape index (κ3) is 0.961. The molecule has 0 saturated carbocycles. The van der Waals surface area contributed by atoms with E-state index < -0.39 is 0 Å². The van der Waals surface area contributed by atoms with Crippen LogP contribution in [0.3, 0.4) is 0 Å². The second-order valence-corrected chi connectivity index (χ2v) is 1.30. The average molecular weight is 98.1 g/mol. The van der Waals surface area contributed by atoms with Crippen LogP contribution in [0.1, 0.15) is 0 Å². The maximum atomic E-state index is 8.59. The molecule has 0 aromatic rings. The molecular formula is C5H6O2. The van der Waals surface area contributed by atoms with Crippen LogP contribution in [0.5, 0.6) is 0 Å². The smallest absolute Gasteiger partial charge is 0.144 e. The highest BCUT2D eigenvalue weighted by atomic mass is 16.5. The Balaban J connectivity index is 2.57. The van der Waals surface area contributed by atoms with Gasteiger partial charge in [-0.05, 0) is 12.2 Å². The minimum absolute atomic E-state index is 0.280. The van der Waals surface area contributed by atoms with Crippen molar-refractivity contribution in [2.24, 2.45) is 0 Å². The molecule has 2 heteroatoms. The molecule has 0 aromatic carbocycles. The second kappa shape index (κ2) is 1.69. The molecule has 0 spiro atoms. The van der Waals surface area contributed by atoms with E-state index in [1.165, 1.54) is 0 Å². The molecule has 0 radical (unpaired) electrons. The summed E-state index contributed by atoms with van der Waals surface area (Å²) in [5.74, 6) is 0.280. The van der Waals surface area contributed by atoms with Crippen LogP contribution in [0.2, 0.25) is 0 Å². The van der Waals surface area contributed by atoms with Gasteiger partial charge in [0.2, 0.25) is 0 Å². The van der Waals surface area contributed by atoms with Crippen LogP contribution in [-0.4, -0.2) is 11.7 Å².